The van der Waals surface area contributed by atoms with Crippen LogP contribution in [0.2, 0.25) is 5.02 Å². The number of aromatic nitrogens is 3. The van der Waals surface area contributed by atoms with Gasteiger partial charge in [0, 0.05) is 4.47 Å². The maximum atomic E-state index is 10.0. The monoisotopic (exact) mass is 381 g/mol. The summed E-state index contributed by atoms with van der Waals surface area (Å²) >= 11 is 14.9. The summed E-state index contributed by atoms with van der Waals surface area (Å²) in [5.74, 6) is 0.628. The van der Waals surface area contributed by atoms with Crippen molar-refractivity contribution in [1.29, 1.82) is 0 Å². The van der Waals surface area contributed by atoms with Crippen molar-refractivity contribution in [3.05, 3.63) is 56.7 Å². The molecule has 0 spiro atoms. The van der Waals surface area contributed by atoms with Crippen LogP contribution < -0.4 is 0 Å². The molecule has 1 aromatic heterocycles. The second-order valence-electron chi connectivity index (χ2n) is 4.30. The molecule has 0 aliphatic rings. The smallest absolute Gasteiger partial charge is 0.200 e. The highest BCUT2D eigenvalue weighted by molar-refractivity contribution is 9.10. The number of hydrogen-bond acceptors (Lipinski definition) is 3. The predicted molar refractivity (Wildman–Crippen MR) is 88.6 cm³/mol. The molecule has 7 heteroatoms. The molecule has 0 saturated heterocycles. The third kappa shape index (κ3) is 2.62. The van der Waals surface area contributed by atoms with Crippen LogP contribution in [-0.2, 0) is 0 Å². The van der Waals surface area contributed by atoms with Crippen LogP contribution in [0.1, 0.15) is 0 Å². The minimum atomic E-state index is 0.126. The van der Waals surface area contributed by atoms with Gasteiger partial charge in [-0.2, -0.15) is 5.10 Å². The lowest BCUT2D eigenvalue weighted by Gasteiger charge is -2.10. The van der Waals surface area contributed by atoms with E-state index in [1.54, 1.807) is 28.8 Å². The van der Waals surface area contributed by atoms with E-state index >= 15 is 0 Å². The number of hydrogen-bond donors (Lipinski definition) is 2. The molecule has 0 amide bonds. The van der Waals surface area contributed by atoms with Crippen LogP contribution in [0.25, 0.3) is 17.1 Å². The summed E-state index contributed by atoms with van der Waals surface area (Å²) in [6, 6.07) is 12.4. The molecule has 0 unspecified atom stereocenters. The number of para-hydroxylation sites is 1. The summed E-state index contributed by atoms with van der Waals surface area (Å²) in [6.45, 7) is 0. The molecule has 2 N–H and O–H groups in total. The molecule has 0 fully saturated rings. The van der Waals surface area contributed by atoms with Crippen LogP contribution >= 0.6 is 39.7 Å². The molecular formula is C14H9BrClN3OS. The van der Waals surface area contributed by atoms with Crippen LogP contribution in [0.4, 0.5) is 0 Å². The highest BCUT2D eigenvalue weighted by Crippen LogP contribution is 2.32. The molecule has 21 heavy (non-hydrogen) atoms. The van der Waals surface area contributed by atoms with Crippen LogP contribution in [0.5, 0.6) is 5.75 Å². The SMILES string of the molecule is Oc1ccccc1-c1n[nH]c(=S)n1-c1ccc(Br)cc1Cl. The lowest BCUT2D eigenvalue weighted by atomic mass is 10.2. The maximum Gasteiger partial charge on any atom is 0.200 e. The van der Waals surface area contributed by atoms with Gasteiger partial charge < -0.3 is 5.11 Å². The first kappa shape index (κ1) is 14.3. The van der Waals surface area contributed by atoms with Gasteiger partial charge in [-0.05, 0) is 42.5 Å². The van der Waals surface area contributed by atoms with Crippen molar-refractivity contribution in [3.8, 4) is 22.8 Å². The summed E-state index contributed by atoms with van der Waals surface area (Å²) < 4.78 is 2.96. The summed E-state index contributed by atoms with van der Waals surface area (Å²) in [6.07, 6.45) is 0. The van der Waals surface area contributed by atoms with E-state index in [2.05, 4.69) is 26.1 Å². The van der Waals surface area contributed by atoms with Crippen molar-refractivity contribution in [1.82, 2.24) is 14.8 Å². The van der Waals surface area contributed by atoms with Gasteiger partial charge in [0.05, 0.1) is 16.3 Å². The average molecular weight is 383 g/mol. The summed E-state index contributed by atoms with van der Waals surface area (Å²) in [5, 5.41) is 17.5. The first-order chi connectivity index (χ1) is 10.1. The molecule has 1 heterocycles. The minimum Gasteiger partial charge on any atom is -0.507 e. The first-order valence-corrected chi connectivity index (χ1v) is 7.57. The fourth-order valence-corrected chi connectivity index (χ4v) is 3.01. The third-order valence-electron chi connectivity index (χ3n) is 2.97. The topological polar surface area (TPSA) is 53.8 Å². The van der Waals surface area contributed by atoms with E-state index in [9.17, 15) is 5.11 Å². The highest BCUT2D eigenvalue weighted by Gasteiger charge is 2.15. The molecule has 0 aliphatic carbocycles. The Morgan fingerprint density at radius 1 is 1.24 bits per heavy atom. The second-order valence-corrected chi connectivity index (χ2v) is 6.01. The predicted octanol–water partition coefficient (Wildman–Crippen LogP) is 4.72. The zero-order valence-electron chi connectivity index (χ0n) is 10.5. The summed E-state index contributed by atoms with van der Waals surface area (Å²) in [7, 11) is 0. The van der Waals surface area contributed by atoms with Gasteiger partial charge in [-0.25, -0.2) is 0 Å². The summed E-state index contributed by atoms with van der Waals surface area (Å²) in [4.78, 5) is 0. The van der Waals surface area contributed by atoms with Crippen molar-refractivity contribution in [2.75, 3.05) is 0 Å². The van der Waals surface area contributed by atoms with E-state index in [1.807, 2.05) is 18.2 Å². The van der Waals surface area contributed by atoms with E-state index in [0.29, 0.717) is 26.9 Å². The fraction of sp³-hybridized carbons (Fsp3) is 0. The largest absolute Gasteiger partial charge is 0.507 e. The normalized spacial score (nSPS) is 10.8. The molecule has 2 aromatic carbocycles. The van der Waals surface area contributed by atoms with Crippen molar-refractivity contribution < 1.29 is 5.11 Å². The van der Waals surface area contributed by atoms with Crippen molar-refractivity contribution in [2.45, 2.75) is 0 Å². The van der Waals surface area contributed by atoms with Gasteiger partial charge in [-0.15, -0.1) is 0 Å². The Balaban J connectivity index is 2.28. The second kappa shape index (κ2) is 5.63. The number of phenolic OH excluding ortho intramolecular Hbond substituents is 1. The molecule has 0 aliphatic heterocycles. The molecule has 0 atom stereocenters. The van der Waals surface area contributed by atoms with E-state index in [-0.39, 0.29) is 5.75 Å². The fourth-order valence-electron chi connectivity index (χ4n) is 2.03. The first-order valence-electron chi connectivity index (χ1n) is 5.99. The van der Waals surface area contributed by atoms with E-state index in [1.165, 1.54) is 0 Å². The molecule has 0 bridgehead atoms. The van der Waals surface area contributed by atoms with Gasteiger partial charge in [0.1, 0.15) is 5.75 Å². The van der Waals surface area contributed by atoms with Gasteiger partial charge >= 0.3 is 0 Å². The Morgan fingerprint density at radius 3 is 2.71 bits per heavy atom. The number of rotatable bonds is 2. The average Bonchev–Trinajstić information content (AvgIpc) is 2.81. The highest BCUT2D eigenvalue weighted by atomic mass is 79.9. The molecule has 3 rings (SSSR count). The lowest BCUT2D eigenvalue weighted by molar-refractivity contribution is 0.476. The standard InChI is InChI=1S/C14H9BrClN3OS/c15-8-5-6-11(10(16)7-8)19-13(17-18-14(19)21)9-3-1-2-4-12(9)20/h1-7,20H,(H,18,21). The Kier molecular flexibility index (Phi) is 3.84. The molecule has 106 valence electrons. The van der Waals surface area contributed by atoms with Crippen LogP contribution in [0.3, 0.4) is 0 Å². The van der Waals surface area contributed by atoms with E-state index in [4.69, 9.17) is 23.8 Å². The van der Waals surface area contributed by atoms with Gasteiger partial charge in [0.15, 0.2) is 10.6 Å². The maximum absolute atomic E-state index is 10.0. The van der Waals surface area contributed by atoms with Crippen LogP contribution in [0.15, 0.2) is 46.9 Å². The number of aromatic hydroxyl groups is 1. The Bertz CT molecular complexity index is 875. The number of phenols is 1. The number of nitrogens with one attached hydrogen (secondary N) is 1. The van der Waals surface area contributed by atoms with E-state index in [0.717, 1.165) is 4.47 Å². The van der Waals surface area contributed by atoms with E-state index < -0.39 is 0 Å². The number of halogens is 2. The zero-order chi connectivity index (χ0) is 15.0. The minimum absolute atomic E-state index is 0.126. The van der Waals surface area contributed by atoms with Crippen LogP contribution in [0, 0.1) is 4.77 Å². The molecule has 0 radical (unpaired) electrons. The Morgan fingerprint density at radius 2 is 2.00 bits per heavy atom. The molecule has 3 aromatic rings. The Hall–Kier alpha value is -1.63. The zero-order valence-corrected chi connectivity index (χ0v) is 13.7. The van der Waals surface area contributed by atoms with Gasteiger partial charge in [-0.1, -0.05) is 39.7 Å². The number of benzene rings is 2. The number of H-pyrrole nitrogens is 1. The number of aromatic amines is 1. The van der Waals surface area contributed by atoms with Crippen molar-refractivity contribution >= 4 is 39.7 Å². The van der Waals surface area contributed by atoms with Gasteiger partial charge in [-0.3, -0.25) is 9.67 Å². The molecule has 0 saturated carbocycles. The quantitative estimate of drug-likeness (QED) is 0.631. The van der Waals surface area contributed by atoms with Crippen LogP contribution in [-0.4, -0.2) is 19.9 Å². The van der Waals surface area contributed by atoms with Gasteiger partial charge in [0.2, 0.25) is 0 Å². The van der Waals surface area contributed by atoms with Gasteiger partial charge in [0.25, 0.3) is 0 Å². The Labute approximate surface area is 139 Å². The van der Waals surface area contributed by atoms with Crippen molar-refractivity contribution in [3.63, 3.8) is 0 Å². The molecular weight excluding hydrogens is 374 g/mol. The van der Waals surface area contributed by atoms with Crippen molar-refractivity contribution in [2.24, 2.45) is 0 Å². The lowest BCUT2D eigenvalue weighted by Crippen LogP contribution is -1.99. The third-order valence-corrected chi connectivity index (χ3v) is 4.04. The molecule has 4 nitrogen and oxygen atoms in total. The summed E-state index contributed by atoms with van der Waals surface area (Å²) in [5.41, 5.74) is 1.26. The number of nitrogens with zero attached hydrogens (tertiary/aromatic N) is 2.